The third-order valence-electron chi connectivity index (χ3n) is 2.76. The van der Waals surface area contributed by atoms with Gasteiger partial charge in [-0.25, -0.2) is 9.78 Å². The van der Waals surface area contributed by atoms with Crippen molar-refractivity contribution in [1.29, 1.82) is 0 Å². The smallest absolute Gasteiger partial charge is 0.356 e. The number of methoxy groups -OCH3 is 1. The summed E-state index contributed by atoms with van der Waals surface area (Å²) >= 11 is 17.8. The van der Waals surface area contributed by atoms with E-state index in [1.807, 2.05) is 12.1 Å². The maximum atomic E-state index is 11.1. The Morgan fingerprint density at radius 2 is 2.00 bits per heavy atom. The van der Waals surface area contributed by atoms with E-state index in [0.717, 1.165) is 0 Å². The lowest BCUT2D eigenvalue weighted by molar-refractivity contribution is 0.0691. The van der Waals surface area contributed by atoms with Crippen molar-refractivity contribution in [3.8, 4) is 5.75 Å². The first-order valence-electron chi connectivity index (χ1n) is 6.15. The molecule has 0 amide bonds. The Hall–Kier alpha value is -2.02. The topological polar surface area (TPSA) is 83.8 Å². The predicted molar refractivity (Wildman–Crippen MR) is 90.4 cm³/mol. The van der Waals surface area contributed by atoms with Crippen LogP contribution in [0.2, 0.25) is 15.2 Å². The number of hydrazone groups is 1. The zero-order valence-electron chi connectivity index (χ0n) is 11.7. The molecule has 0 saturated heterocycles. The van der Waals surface area contributed by atoms with Crippen molar-refractivity contribution in [2.24, 2.45) is 5.10 Å². The van der Waals surface area contributed by atoms with Crippen molar-refractivity contribution in [3.05, 3.63) is 50.7 Å². The van der Waals surface area contributed by atoms with E-state index >= 15 is 0 Å². The monoisotopic (exact) mass is 373 g/mol. The number of para-hydroxylation sites is 1. The van der Waals surface area contributed by atoms with Crippen LogP contribution in [0.5, 0.6) is 5.75 Å². The molecule has 9 heteroatoms. The van der Waals surface area contributed by atoms with Gasteiger partial charge in [0.1, 0.15) is 15.8 Å². The molecule has 0 unspecified atom stereocenters. The highest BCUT2D eigenvalue weighted by atomic mass is 35.5. The molecule has 23 heavy (non-hydrogen) atoms. The third kappa shape index (κ3) is 3.85. The fraction of sp³-hybridized carbons (Fsp3) is 0.0714. The minimum absolute atomic E-state index is 0.0288. The van der Waals surface area contributed by atoms with Crippen LogP contribution in [0.1, 0.15) is 16.1 Å². The Balaban J connectivity index is 2.33. The van der Waals surface area contributed by atoms with E-state index in [-0.39, 0.29) is 20.9 Å². The van der Waals surface area contributed by atoms with Crippen molar-refractivity contribution in [2.75, 3.05) is 12.5 Å². The SMILES string of the molecule is COc1ccccc1/C=N\Nc1c(Cl)c(Cl)nc(C(=O)O)c1Cl. The normalized spacial score (nSPS) is 10.8. The Kier molecular flexibility index (Phi) is 5.65. The van der Waals surface area contributed by atoms with Gasteiger partial charge in [-0.2, -0.15) is 5.10 Å². The lowest BCUT2D eigenvalue weighted by atomic mass is 10.2. The van der Waals surface area contributed by atoms with Crippen LogP contribution in [0.25, 0.3) is 0 Å². The number of nitrogens with zero attached hydrogens (tertiary/aromatic N) is 2. The highest BCUT2D eigenvalue weighted by Crippen LogP contribution is 2.36. The largest absolute Gasteiger partial charge is 0.496 e. The number of nitrogens with one attached hydrogen (secondary N) is 1. The number of hydrogen-bond donors (Lipinski definition) is 2. The van der Waals surface area contributed by atoms with Gasteiger partial charge in [0.25, 0.3) is 0 Å². The summed E-state index contributed by atoms with van der Waals surface area (Å²) in [6.45, 7) is 0. The van der Waals surface area contributed by atoms with Gasteiger partial charge in [0.2, 0.25) is 0 Å². The number of rotatable bonds is 5. The second-order valence-corrected chi connectivity index (χ2v) is 5.29. The summed E-state index contributed by atoms with van der Waals surface area (Å²) in [7, 11) is 1.54. The molecule has 1 aromatic heterocycles. The summed E-state index contributed by atoms with van der Waals surface area (Å²) in [6.07, 6.45) is 1.47. The van der Waals surface area contributed by atoms with Crippen molar-refractivity contribution in [2.45, 2.75) is 0 Å². The molecular formula is C14H10Cl3N3O3. The van der Waals surface area contributed by atoms with E-state index in [1.165, 1.54) is 13.3 Å². The zero-order valence-corrected chi connectivity index (χ0v) is 13.9. The van der Waals surface area contributed by atoms with Crippen molar-refractivity contribution in [3.63, 3.8) is 0 Å². The average molecular weight is 375 g/mol. The van der Waals surface area contributed by atoms with Crippen molar-refractivity contribution >= 4 is 52.7 Å². The van der Waals surface area contributed by atoms with Gasteiger partial charge in [0.15, 0.2) is 10.8 Å². The maximum Gasteiger partial charge on any atom is 0.356 e. The molecule has 0 fully saturated rings. The van der Waals surface area contributed by atoms with Crippen LogP contribution in [0.4, 0.5) is 5.69 Å². The zero-order chi connectivity index (χ0) is 17.0. The second-order valence-electron chi connectivity index (χ2n) is 4.17. The molecule has 2 rings (SSSR count). The van der Waals surface area contributed by atoms with Gasteiger partial charge in [0.05, 0.1) is 19.0 Å². The standard InChI is InChI=1S/C14H10Cl3N3O3/c1-23-8-5-3-2-4-7(8)6-18-20-11-9(15)12(14(21)22)19-13(17)10(11)16/h2-6H,1H3,(H,19,20)(H,21,22)/b18-6-. The highest BCUT2D eigenvalue weighted by molar-refractivity contribution is 6.46. The van der Waals surface area contributed by atoms with Crippen LogP contribution in [0.3, 0.4) is 0 Å². The number of aromatic nitrogens is 1. The summed E-state index contributed by atoms with van der Waals surface area (Å²) in [5, 5.41) is 12.6. The van der Waals surface area contributed by atoms with E-state index in [0.29, 0.717) is 11.3 Å². The van der Waals surface area contributed by atoms with E-state index < -0.39 is 11.7 Å². The minimum atomic E-state index is -1.33. The maximum absolute atomic E-state index is 11.1. The molecule has 0 bridgehead atoms. The summed E-state index contributed by atoms with van der Waals surface area (Å²) < 4.78 is 5.19. The number of halogens is 3. The fourth-order valence-electron chi connectivity index (χ4n) is 1.69. The number of anilines is 1. The van der Waals surface area contributed by atoms with Gasteiger partial charge in [-0.05, 0) is 12.1 Å². The van der Waals surface area contributed by atoms with Crippen LogP contribution < -0.4 is 10.2 Å². The Labute approximate surface area is 146 Å². The van der Waals surface area contributed by atoms with Crippen molar-refractivity contribution in [1.82, 2.24) is 4.98 Å². The number of aromatic carboxylic acids is 1. The van der Waals surface area contributed by atoms with Gasteiger partial charge in [-0.15, -0.1) is 0 Å². The second kappa shape index (κ2) is 7.50. The van der Waals surface area contributed by atoms with Crippen LogP contribution in [0, 0.1) is 0 Å². The van der Waals surface area contributed by atoms with Crippen molar-refractivity contribution < 1.29 is 14.6 Å². The Morgan fingerprint density at radius 1 is 1.30 bits per heavy atom. The quantitative estimate of drug-likeness (QED) is 0.465. The first-order chi connectivity index (χ1) is 11.0. The van der Waals surface area contributed by atoms with Gasteiger partial charge in [0, 0.05) is 5.56 Å². The van der Waals surface area contributed by atoms with E-state index in [1.54, 1.807) is 12.1 Å². The number of carboxylic acid groups (broad SMARTS) is 1. The molecule has 0 aliphatic heterocycles. The minimum Gasteiger partial charge on any atom is -0.496 e. The number of pyridine rings is 1. The van der Waals surface area contributed by atoms with Crippen LogP contribution in [-0.2, 0) is 0 Å². The molecule has 0 spiro atoms. The Morgan fingerprint density at radius 3 is 2.65 bits per heavy atom. The van der Waals surface area contributed by atoms with E-state index in [2.05, 4.69) is 15.5 Å². The van der Waals surface area contributed by atoms with Gasteiger partial charge < -0.3 is 9.84 Å². The molecule has 0 aliphatic rings. The van der Waals surface area contributed by atoms with Gasteiger partial charge in [-0.1, -0.05) is 46.9 Å². The molecule has 1 heterocycles. The third-order valence-corrected chi connectivity index (χ3v) is 3.87. The average Bonchev–Trinajstić information content (AvgIpc) is 2.54. The summed E-state index contributed by atoms with van der Waals surface area (Å²) in [5.74, 6) is -0.709. The lowest BCUT2D eigenvalue weighted by Gasteiger charge is -2.09. The highest BCUT2D eigenvalue weighted by Gasteiger charge is 2.20. The molecule has 120 valence electrons. The summed E-state index contributed by atoms with van der Waals surface area (Å²) in [4.78, 5) is 14.7. The van der Waals surface area contributed by atoms with Crippen LogP contribution >= 0.6 is 34.8 Å². The van der Waals surface area contributed by atoms with Gasteiger partial charge in [-0.3, -0.25) is 5.43 Å². The van der Waals surface area contributed by atoms with E-state index in [4.69, 9.17) is 44.6 Å². The molecule has 0 radical (unpaired) electrons. The summed E-state index contributed by atoms with van der Waals surface area (Å²) in [6, 6.07) is 7.19. The first-order valence-corrected chi connectivity index (χ1v) is 7.29. The summed E-state index contributed by atoms with van der Waals surface area (Å²) in [5.41, 5.74) is 2.91. The first kappa shape index (κ1) is 17.3. The molecular weight excluding hydrogens is 365 g/mol. The number of benzene rings is 1. The molecule has 6 nitrogen and oxygen atoms in total. The molecule has 0 saturated carbocycles. The molecule has 0 aliphatic carbocycles. The number of carbonyl (C=O) groups is 1. The molecule has 2 aromatic rings. The number of hydrogen-bond acceptors (Lipinski definition) is 5. The van der Waals surface area contributed by atoms with Gasteiger partial charge >= 0.3 is 5.97 Å². The molecule has 2 N–H and O–H groups in total. The van der Waals surface area contributed by atoms with Crippen LogP contribution in [0.15, 0.2) is 29.4 Å². The van der Waals surface area contributed by atoms with E-state index in [9.17, 15) is 4.79 Å². The number of carboxylic acids is 1. The van der Waals surface area contributed by atoms with Crippen LogP contribution in [-0.4, -0.2) is 29.4 Å². The Bertz CT molecular complexity index is 781. The molecule has 1 aromatic carbocycles. The predicted octanol–water partition coefficient (Wildman–Crippen LogP) is 4.19. The molecule has 0 atom stereocenters. The number of ether oxygens (including phenoxy) is 1. The fourth-order valence-corrected chi connectivity index (χ4v) is 2.36. The lowest BCUT2D eigenvalue weighted by Crippen LogP contribution is -2.05.